The Bertz CT molecular complexity index is 380. The van der Waals surface area contributed by atoms with Crippen LogP contribution in [-0.4, -0.2) is 11.7 Å². The lowest BCUT2D eigenvalue weighted by atomic mass is 10.2. The van der Waals surface area contributed by atoms with Crippen LogP contribution in [0.1, 0.15) is 6.92 Å². The van der Waals surface area contributed by atoms with Gasteiger partial charge in [-0.3, -0.25) is 4.79 Å². The average Bonchev–Trinajstić information content (AvgIpc) is 2.27. The molecule has 2 nitrogen and oxygen atoms in total. The maximum atomic E-state index is 11.5. The lowest BCUT2D eigenvalue weighted by Gasteiger charge is -2.06. The van der Waals surface area contributed by atoms with Crippen LogP contribution in [0.5, 0.6) is 0 Å². The summed E-state index contributed by atoms with van der Waals surface area (Å²) in [6.45, 7) is 1.93. The van der Waals surface area contributed by atoms with Gasteiger partial charge in [0.25, 0.3) is 0 Å². The molecule has 1 heterocycles. The molecule has 0 aromatic heterocycles. The Morgan fingerprint density at radius 1 is 1.57 bits per heavy atom. The first kappa shape index (κ1) is 9.87. The summed E-state index contributed by atoms with van der Waals surface area (Å²) >= 11 is 7.54. The number of amides is 1. The number of carbonyl (C=O) groups is 1. The van der Waals surface area contributed by atoms with E-state index in [1.165, 1.54) is 0 Å². The van der Waals surface area contributed by atoms with Crippen molar-refractivity contribution in [2.75, 3.05) is 11.1 Å². The fraction of sp³-hybridized carbons (Fsp3) is 0.300. The Hall–Kier alpha value is -0.670. The van der Waals surface area contributed by atoms with Gasteiger partial charge in [-0.05, 0) is 18.2 Å². The van der Waals surface area contributed by atoms with Gasteiger partial charge in [-0.25, -0.2) is 0 Å². The fourth-order valence-corrected chi connectivity index (χ4v) is 2.45. The summed E-state index contributed by atoms with van der Waals surface area (Å²) in [5, 5.41) is 3.52. The Labute approximate surface area is 92.0 Å². The van der Waals surface area contributed by atoms with E-state index in [1.54, 1.807) is 17.8 Å². The number of rotatable bonds is 0. The second kappa shape index (κ2) is 3.83. The number of anilines is 1. The molecule has 1 N–H and O–H groups in total. The Kier molecular flexibility index (Phi) is 2.70. The summed E-state index contributed by atoms with van der Waals surface area (Å²) < 4.78 is 0. The molecule has 0 spiro atoms. The van der Waals surface area contributed by atoms with Crippen molar-refractivity contribution in [1.29, 1.82) is 0 Å². The average molecular weight is 228 g/mol. The molecule has 74 valence electrons. The van der Waals surface area contributed by atoms with Crippen LogP contribution >= 0.6 is 23.4 Å². The summed E-state index contributed by atoms with van der Waals surface area (Å²) in [7, 11) is 0. The van der Waals surface area contributed by atoms with E-state index in [2.05, 4.69) is 5.32 Å². The second-order valence-corrected chi connectivity index (χ2v) is 4.84. The molecule has 2 rings (SSSR count). The van der Waals surface area contributed by atoms with Crippen LogP contribution in [-0.2, 0) is 4.79 Å². The summed E-state index contributed by atoms with van der Waals surface area (Å²) in [6.07, 6.45) is 0. The highest BCUT2D eigenvalue weighted by atomic mass is 35.5. The monoisotopic (exact) mass is 227 g/mol. The molecule has 0 unspecified atom stereocenters. The van der Waals surface area contributed by atoms with E-state index in [0.717, 1.165) is 16.3 Å². The number of thioether (sulfide) groups is 1. The summed E-state index contributed by atoms with van der Waals surface area (Å²) in [5.41, 5.74) is 0.830. The van der Waals surface area contributed by atoms with Crippen molar-refractivity contribution in [1.82, 2.24) is 0 Å². The predicted octanol–water partition coefficient (Wildman–Crippen LogP) is 3.02. The van der Waals surface area contributed by atoms with E-state index in [9.17, 15) is 4.79 Å². The number of halogens is 1. The molecule has 1 aromatic carbocycles. The maximum absolute atomic E-state index is 11.5. The molecule has 1 aliphatic heterocycles. The number of nitrogens with one attached hydrogen (secondary N) is 1. The first-order valence-electron chi connectivity index (χ1n) is 4.40. The lowest BCUT2D eigenvalue weighted by molar-refractivity contribution is -0.118. The highest BCUT2D eigenvalue weighted by Crippen LogP contribution is 2.34. The van der Waals surface area contributed by atoms with Crippen LogP contribution in [0.25, 0.3) is 0 Å². The molecule has 0 saturated heterocycles. The van der Waals surface area contributed by atoms with Crippen LogP contribution in [0.3, 0.4) is 0 Å². The van der Waals surface area contributed by atoms with Gasteiger partial charge < -0.3 is 5.32 Å². The van der Waals surface area contributed by atoms with Crippen molar-refractivity contribution in [2.24, 2.45) is 5.92 Å². The fourth-order valence-electron chi connectivity index (χ4n) is 1.27. The minimum Gasteiger partial charge on any atom is -0.325 e. The second-order valence-electron chi connectivity index (χ2n) is 3.34. The number of fused-ring (bicyclic) bond motifs is 1. The van der Waals surface area contributed by atoms with E-state index < -0.39 is 0 Å². The van der Waals surface area contributed by atoms with Gasteiger partial charge in [0.05, 0.1) is 5.69 Å². The molecular formula is C10H10ClNOS. The largest absolute Gasteiger partial charge is 0.325 e. The van der Waals surface area contributed by atoms with Gasteiger partial charge in [0.15, 0.2) is 0 Å². The molecule has 0 radical (unpaired) electrons. The van der Waals surface area contributed by atoms with Crippen LogP contribution < -0.4 is 5.32 Å². The van der Waals surface area contributed by atoms with E-state index >= 15 is 0 Å². The molecule has 0 fully saturated rings. The molecule has 1 atom stereocenters. The molecule has 1 aliphatic rings. The number of benzene rings is 1. The zero-order chi connectivity index (χ0) is 10.1. The van der Waals surface area contributed by atoms with E-state index in [-0.39, 0.29) is 11.8 Å². The zero-order valence-corrected chi connectivity index (χ0v) is 9.28. The number of carbonyl (C=O) groups excluding carboxylic acids is 1. The smallest absolute Gasteiger partial charge is 0.228 e. The Morgan fingerprint density at radius 3 is 3.14 bits per heavy atom. The molecule has 0 aliphatic carbocycles. The highest BCUT2D eigenvalue weighted by molar-refractivity contribution is 7.99. The standard InChI is InChI=1S/C10H10ClNOS/c1-6-5-14-9-3-2-7(11)4-8(9)12-10(6)13/h2-4,6H,5H2,1H3,(H,12,13)/t6-/m0/s1. The summed E-state index contributed by atoms with van der Waals surface area (Å²) in [4.78, 5) is 12.6. The van der Waals surface area contributed by atoms with Crippen molar-refractivity contribution in [3.8, 4) is 0 Å². The topological polar surface area (TPSA) is 29.1 Å². The van der Waals surface area contributed by atoms with Gasteiger partial charge >= 0.3 is 0 Å². The van der Waals surface area contributed by atoms with Gasteiger partial charge in [0.1, 0.15) is 0 Å². The third kappa shape index (κ3) is 1.88. The van der Waals surface area contributed by atoms with Gasteiger partial charge in [-0.1, -0.05) is 18.5 Å². The minimum atomic E-state index is 0.0474. The Balaban J connectivity index is 2.38. The zero-order valence-electron chi connectivity index (χ0n) is 7.71. The quantitative estimate of drug-likeness (QED) is 0.738. The SMILES string of the molecule is C[C@H]1CSc2ccc(Cl)cc2NC1=O. The molecule has 0 bridgehead atoms. The first-order chi connectivity index (χ1) is 6.66. The molecule has 0 saturated carbocycles. The summed E-state index contributed by atoms with van der Waals surface area (Å²) in [5.74, 6) is 0.935. The van der Waals surface area contributed by atoms with Crippen LogP contribution in [0.4, 0.5) is 5.69 Å². The highest BCUT2D eigenvalue weighted by Gasteiger charge is 2.19. The first-order valence-corrected chi connectivity index (χ1v) is 5.76. The van der Waals surface area contributed by atoms with Crippen molar-refractivity contribution in [3.05, 3.63) is 23.2 Å². The molecular weight excluding hydrogens is 218 g/mol. The third-order valence-corrected chi connectivity index (χ3v) is 3.70. The van der Waals surface area contributed by atoms with Crippen LogP contribution in [0, 0.1) is 5.92 Å². The van der Waals surface area contributed by atoms with Crippen LogP contribution in [0.15, 0.2) is 23.1 Å². The molecule has 1 aromatic rings. The van der Waals surface area contributed by atoms with Gasteiger partial charge in [-0.15, -0.1) is 11.8 Å². The Morgan fingerprint density at radius 2 is 2.36 bits per heavy atom. The van der Waals surface area contributed by atoms with Gasteiger partial charge in [0.2, 0.25) is 5.91 Å². The van der Waals surface area contributed by atoms with E-state index in [0.29, 0.717) is 5.02 Å². The molecule has 14 heavy (non-hydrogen) atoms. The van der Waals surface area contributed by atoms with Crippen molar-refractivity contribution >= 4 is 35.0 Å². The summed E-state index contributed by atoms with van der Waals surface area (Å²) in [6, 6.07) is 5.58. The van der Waals surface area contributed by atoms with Crippen LogP contribution in [0.2, 0.25) is 5.02 Å². The third-order valence-electron chi connectivity index (χ3n) is 2.14. The van der Waals surface area contributed by atoms with Crippen molar-refractivity contribution < 1.29 is 4.79 Å². The predicted molar refractivity (Wildman–Crippen MR) is 60.0 cm³/mol. The van der Waals surface area contributed by atoms with E-state index in [4.69, 9.17) is 11.6 Å². The number of hydrogen-bond acceptors (Lipinski definition) is 2. The van der Waals surface area contributed by atoms with Gasteiger partial charge in [-0.2, -0.15) is 0 Å². The van der Waals surface area contributed by atoms with Gasteiger partial charge in [0, 0.05) is 21.6 Å². The molecule has 4 heteroatoms. The van der Waals surface area contributed by atoms with Crippen molar-refractivity contribution in [2.45, 2.75) is 11.8 Å². The van der Waals surface area contributed by atoms with Crippen molar-refractivity contribution in [3.63, 3.8) is 0 Å². The minimum absolute atomic E-state index is 0.0474. The number of hydrogen-bond donors (Lipinski definition) is 1. The van der Waals surface area contributed by atoms with E-state index in [1.807, 2.05) is 19.1 Å². The normalized spacial score (nSPS) is 21.0. The maximum Gasteiger partial charge on any atom is 0.228 e. The molecule has 1 amide bonds. The lowest BCUT2D eigenvalue weighted by Crippen LogP contribution is -2.20.